The Labute approximate surface area is 139 Å². The van der Waals surface area contributed by atoms with E-state index in [4.69, 9.17) is 4.42 Å². The minimum Gasteiger partial charge on any atom is -0.463 e. The lowest BCUT2D eigenvalue weighted by atomic mass is 10.0. The Morgan fingerprint density at radius 3 is 2.88 bits per heavy atom. The average molecular weight is 326 g/mol. The van der Waals surface area contributed by atoms with E-state index in [1.165, 1.54) is 0 Å². The topological polar surface area (TPSA) is 93.2 Å². The van der Waals surface area contributed by atoms with Crippen molar-refractivity contribution in [2.75, 3.05) is 6.54 Å². The molecule has 0 aliphatic rings. The van der Waals surface area contributed by atoms with Crippen LogP contribution in [-0.4, -0.2) is 32.1 Å². The maximum Gasteiger partial charge on any atom is 0.251 e. The number of aryl methyl sites for hydroxylation is 1. The summed E-state index contributed by atoms with van der Waals surface area (Å²) < 4.78 is 7.14. The molecule has 0 bridgehead atoms. The van der Waals surface area contributed by atoms with Crippen LogP contribution in [0, 0.1) is 6.92 Å². The molecule has 0 spiro atoms. The Balaban J connectivity index is 1.70. The lowest BCUT2D eigenvalue weighted by molar-refractivity contribution is 0.0323. The van der Waals surface area contributed by atoms with Gasteiger partial charge in [-0.2, -0.15) is 0 Å². The van der Waals surface area contributed by atoms with Crippen LogP contribution in [0.2, 0.25) is 0 Å². The lowest BCUT2D eigenvalue weighted by Gasteiger charge is -2.21. The molecule has 3 aromatic rings. The van der Waals surface area contributed by atoms with Gasteiger partial charge in [0.15, 0.2) is 0 Å². The largest absolute Gasteiger partial charge is 0.463 e. The molecule has 0 radical (unpaired) electrons. The minimum absolute atomic E-state index is 0.0293. The number of carbonyl (C=O) groups excluding carboxylic acids is 1. The number of rotatable bonds is 5. The third kappa shape index (κ3) is 3.36. The summed E-state index contributed by atoms with van der Waals surface area (Å²) in [7, 11) is 0. The summed E-state index contributed by atoms with van der Waals surface area (Å²) in [5.41, 5.74) is -0.843. The van der Waals surface area contributed by atoms with E-state index in [0.29, 0.717) is 22.9 Å². The van der Waals surface area contributed by atoms with Crippen molar-refractivity contribution in [2.24, 2.45) is 0 Å². The van der Waals surface area contributed by atoms with Crippen molar-refractivity contribution in [3.05, 3.63) is 66.3 Å². The number of nitrogens with zero attached hydrogens (tertiary/aromatic N) is 3. The summed E-state index contributed by atoms with van der Waals surface area (Å²) in [6.07, 6.45) is 6.54. The first-order valence-corrected chi connectivity index (χ1v) is 7.47. The molecule has 7 heteroatoms. The third-order valence-corrected chi connectivity index (χ3v) is 3.64. The molecular formula is C17H18N4O3. The predicted molar refractivity (Wildman–Crippen MR) is 86.7 cm³/mol. The molecule has 1 amide bonds. The molecule has 3 heterocycles. The Morgan fingerprint density at radius 1 is 1.38 bits per heavy atom. The van der Waals surface area contributed by atoms with Crippen molar-refractivity contribution >= 4 is 5.91 Å². The van der Waals surface area contributed by atoms with Crippen LogP contribution in [0.3, 0.4) is 0 Å². The van der Waals surface area contributed by atoms with Gasteiger partial charge in [0.25, 0.3) is 5.91 Å². The van der Waals surface area contributed by atoms with Crippen LogP contribution in [0.5, 0.6) is 0 Å². The highest BCUT2D eigenvalue weighted by atomic mass is 16.4. The fourth-order valence-corrected chi connectivity index (χ4v) is 2.26. The summed E-state index contributed by atoms with van der Waals surface area (Å²) in [6, 6.07) is 6.74. The molecule has 0 saturated carbocycles. The van der Waals surface area contributed by atoms with Crippen molar-refractivity contribution in [2.45, 2.75) is 19.4 Å². The number of imidazole rings is 1. The first kappa shape index (κ1) is 15.9. The van der Waals surface area contributed by atoms with E-state index in [2.05, 4.69) is 15.3 Å². The summed E-state index contributed by atoms with van der Waals surface area (Å²) in [5.74, 6) is 1.40. The molecular weight excluding hydrogens is 308 g/mol. The third-order valence-electron chi connectivity index (χ3n) is 3.64. The molecule has 124 valence electrons. The Kier molecular flexibility index (Phi) is 4.18. The summed E-state index contributed by atoms with van der Waals surface area (Å²) in [6.45, 7) is 3.42. The molecule has 0 fully saturated rings. The van der Waals surface area contributed by atoms with Crippen LogP contribution in [0.4, 0.5) is 0 Å². The van der Waals surface area contributed by atoms with Gasteiger partial charge < -0.3 is 14.8 Å². The van der Waals surface area contributed by atoms with Crippen molar-refractivity contribution in [1.82, 2.24) is 19.9 Å². The molecule has 1 atom stereocenters. The Bertz CT molecular complexity index is 837. The smallest absolute Gasteiger partial charge is 0.251 e. The van der Waals surface area contributed by atoms with Crippen molar-refractivity contribution in [1.29, 1.82) is 0 Å². The molecule has 3 aromatic heterocycles. The highest BCUT2D eigenvalue weighted by Crippen LogP contribution is 2.22. The van der Waals surface area contributed by atoms with E-state index in [1.807, 2.05) is 0 Å². The fraction of sp³-hybridized carbons (Fsp3) is 0.235. The molecule has 24 heavy (non-hydrogen) atoms. The monoisotopic (exact) mass is 326 g/mol. The number of aliphatic hydroxyl groups is 1. The summed E-state index contributed by atoms with van der Waals surface area (Å²) in [5, 5.41) is 13.2. The molecule has 2 N–H and O–H groups in total. The van der Waals surface area contributed by atoms with Gasteiger partial charge in [0.2, 0.25) is 0 Å². The molecule has 3 rings (SSSR count). The zero-order valence-corrected chi connectivity index (χ0v) is 13.4. The van der Waals surface area contributed by atoms with E-state index >= 15 is 0 Å². The van der Waals surface area contributed by atoms with Crippen LogP contribution in [0.1, 0.15) is 28.8 Å². The van der Waals surface area contributed by atoms with Gasteiger partial charge in [0, 0.05) is 24.2 Å². The molecule has 1 unspecified atom stereocenters. The minimum atomic E-state index is -1.29. The van der Waals surface area contributed by atoms with Gasteiger partial charge in [-0.15, -0.1) is 0 Å². The van der Waals surface area contributed by atoms with E-state index in [9.17, 15) is 9.90 Å². The number of furan rings is 1. The zero-order chi connectivity index (χ0) is 17.2. The van der Waals surface area contributed by atoms with Gasteiger partial charge in [-0.3, -0.25) is 9.36 Å². The highest BCUT2D eigenvalue weighted by Gasteiger charge is 2.27. The number of carbonyl (C=O) groups is 1. The van der Waals surface area contributed by atoms with Crippen molar-refractivity contribution < 1.29 is 14.3 Å². The van der Waals surface area contributed by atoms with Crippen LogP contribution in [-0.2, 0) is 5.60 Å². The van der Waals surface area contributed by atoms with E-state index in [-0.39, 0.29) is 12.5 Å². The average Bonchev–Trinajstić information content (AvgIpc) is 3.24. The van der Waals surface area contributed by atoms with Crippen molar-refractivity contribution in [3.8, 4) is 5.82 Å². The number of hydrogen-bond donors (Lipinski definition) is 2. The van der Waals surface area contributed by atoms with Crippen LogP contribution < -0.4 is 5.32 Å². The SMILES string of the molecule is Cc1ccc(C(C)(O)CNC(=O)c2ccnc(-n3ccnc3)c2)o1. The highest BCUT2D eigenvalue weighted by molar-refractivity contribution is 5.94. The van der Waals surface area contributed by atoms with Crippen molar-refractivity contribution in [3.63, 3.8) is 0 Å². The summed E-state index contributed by atoms with van der Waals surface area (Å²) >= 11 is 0. The number of aromatic nitrogens is 3. The van der Waals surface area contributed by atoms with Gasteiger partial charge >= 0.3 is 0 Å². The maximum atomic E-state index is 12.3. The van der Waals surface area contributed by atoms with Crippen LogP contribution in [0.25, 0.3) is 5.82 Å². The summed E-state index contributed by atoms with van der Waals surface area (Å²) in [4.78, 5) is 20.5. The second kappa shape index (κ2) is 6.29. The second-order valence-corrected chi connectivity index (χ2v) is 5.74. The quantitative estimate of drug-likeness (QED) is 0.746. The van der Waals surface area contributed by atoms with Gasteiger partial charge in [-0.25, -0.2) is 9.97 Å². The zero-order valence-electron chi connectivity index (χ0n) is 13.4. The molecule has 0 saturated heterocycles. The molecule has 7 nitrogen and oxygen atoms in total. The maximum absolute atomic E-state index is 12.3. The first-order chi connectivity index (χ1) is 11.5. The predicted octanol–water partition coefficient (Wildman–Crippen LogP) is 1.81. The number of amides is 1. The van der Waals surface area contributed by atoms with E-state index in [0.717, 1.165) is 0 Å². The lowest BCUT2D eigenvalue weighted by Crippen LogP contribution is -2.38. The molecule has 0 aromatic carbocycles. The molecule has 0 aliphatic heterocycles. The Morgan fingerprint density at radius 2 is 2.21 bits per heavy atom. The van der Waals surface area contributed by atoms with Gasteiger partial charge in [-0.1, -0.05) is 0 Å². The molecule has 0 aliphatic carbocycles. The van der Waals surface area contributed by atoms with Gasteiger partial charge in [-0.05, 0) is 38.1 Å². The van der Waals surface area contributed by atoms with Crippen LogP contribution >= 0.6 is 0 Å². The van der Waals surface area contributed by atoms with E-state index < -0.39 is 5.60 Å². The number of nitrogens with one attached hydrogen (secondary N) is 1. The fourth-order valence-electron chi connectivity index (χ4n) is 2.26. The number of hydrogen-bond acceptors (Lipinski definition) is 5. The standard InChI is InChI=1S/C17H18N4O3/c1-12-3-4-14(24-12)17(2,23)10-20-16(22)13-5-6-19-15(9-13)21-8-7-18-11-21/h3-9,11,23H,10H2,1-2H3,(H,20,22). The van der Waals surface area contributed by atoms with E-state index in [1.54, 1.807) is 67.6 Å². The van der Waals surface area contributed by atoms with Gasteiger partial charge in [0.1, 0.15) is 29.3 Å². The Hall–Kier alpha value is -2.93. The first-order valence-electron chi connectivity index (χ1n) is 7.47. The normalized spacial score (nSPS) is 13.5. The van der Waals surface area contributed by atoms with Gasteiger partial charge in [0.05, 0.1) is 6.54 Å². The van der Waals surface area contributed by atoms with Crippen LogP contribution in [0.15, 0.2) is 53.6 Å². The number of pyridine rings is 1. The second-order valence-electron chi connectivity index (χ2n) is 5.74.